The summed E-state index contributed by atoms with van der Waals surface area (Å²) in [5, 5.41) is 10.2. The summed E-state index contributed by atoms with van der Waals surface area (Å²) in [7, 11) is 0. The lowest BCUT2D eigenvalue weighted by molar-refractivity contribution is 0.537. The second-order valence-electron chi connectivity index (χ2n) is 4.89. The highest BCUT2D eigenvalue weighted by Crippen LogP contribution is 2.15. The number of aromatic amines is 1. The van der Waals surface area contributed by atoms with E-state index in [4.69, 9.17) is 0 Å². The second kappa shape index (κ2) is 6.31. The summed E-state index contributed by atoms with van der Waals surface area (Å²) in [5.41, 5.74) is 2.35. The molecule has 96 valence electrons. The molecular weight excluding hydrogens is 224 g/mol. The Morgan fingerprint density at radius 3 is 2.94 bits per heavy atom. The zero-order chi connectivity index (χ0) is 12.8. The van der Waals surface area contributed by atoms with Crippen molar-refractivity contribution in [2.45, 2.75) is 26.8 Å². The molecule has 4 nitrogen and oxygen atoms in total. The van der Waals surface area contributed by atoms with Crippen LogP contribution in [0.4, 0.5) is 0 Å². The van der Waals surface area contributed by atoms with Crippen molar-refractivity contribution in [1.29, 1.82) is 0 Å². The molecule has 2 N–H and O–H groups in total. The molecule has 0 bridgehead atoms. The van der Waals surface area contributed by atoms with E-state index in [2.05, 4.69) is 52.5 Å². The van der Waals surface area contributed by atoms with Crippen LogP contribution in [0.3, 0.4) is 0 Å². The lowest BCUT2D eigenvalue weighted by Crippen LogP contribution is -2.16. The monoisotopic (exact) mass is 244 g/mol. The fourth-order valence-corrected chi connectivity index (χ4v) is 1.80. The second-order valence-corrected chi connectivity index (χ2v) is 4.89. The Hall–Kier alpha value is -1.68. The fourth-order valence-electron chi connectivity index (χ4n) is 1.80. The third kappa shape index (κ3) is 3.67. The van der Waals surface area contributed by atoms with Crippen molar-refractivity contribution in [1.82, 2.24) is 20.5 Å². The summed E-state index contributed by atoms with van der Waals surface area (Å²) in [6, 6.07) is 8.36. The van der Waals surface area contributed by atoms with Crippen molar-refractivity contribution in [2.75, 3.05) is 6.54 Å². The van der Waals surface area contributed by atoms with Gasteiger partial charge in [-0.05, 0) is 30.5 Å². The molecule has 2 aromatic rings. The van der Waals surface area contributed by atoms with Gasteiger partial charge < -0.3 is 5.32 Å². The number of rotatable bonds is 6. The van der Waals surface area contributed by atoms with E-state index in [1.165, 1.54) is 18.3 Å². The molecule has 0 saturated carbocycles. The standard InChI is InChI=1S/C14H20N4/c1-11(2)6-7-15-9-12-4-3-5-13(8-12)14-16-10-17-18-14/h3-5,8,10-11,15H,6-7,9H2,1-2H3,(H,16,17,18). The summed E-state index contributed by atoms with van der Waals surface area (Å²) < 4.78 is 0. The minimum atomic E-state index is 0.748. The zero-order valence-corrected chi connectivity index (χ0v) is 11.0. The maximum atomic E-state index is 4.16. The molecule has 0 fully saturated rings. The van der Waals surface area contributed by atoms with Crippen LogP contribution >= 0.6 is 0 Å². The van der Waals surface area contributed by atoms with E-state index in [9.17, 15) is 0 Å². The van der Waals surface area contributed by atoms with Crippen molar-refractivity contribution >= 4 is 0 Å². The third-order valence-electron chi connectivity index (χ3n) is 2.84. The topological polar surface area (TPSA) is 53.6 Å². The maximum absolute atomic E-state index is 4.16. The minimum absolute atomic E-state index is 0.748. The maximum Gasteiger partial charge on any atom is 0.155 e. The van der Waals surface area contributed by atoms with Gasteiger partial charge in [0, 0.05) is 12.1 Å². The van der Waals surface area contributed by atoms with Gasteiger partial charge in [0.2, 0.25) is 0 Å². The highest BCUT2D eigenvalue weighted by Gasteiger charge is 2.01. The van der Waals surface area contributed by atoms with Gasteiger partial charge in [0.25, 0.3) is 0 Å². The Kier molecular flexibility index (Phi) is 4.47. The number of hydrogen-bond acceptors (Lipinski definition) is 3. The van der Waals surface area contributed by atoms with E-state index in [1.54, 1.807) is 0 Å². The van der Waals surface area contributed by atoms with Gasteiger partial charge in [0.05, 0.1) is 0 Å². The fraction of sp³-hybridized carbons (Fsp3) is 0.429. The SMILES string of the molecule is CC(C)CCNCc1cccc(-c2ncn[nH]2)c1. The molecule has 0 unspecified atom stereocenters. The average Bonchev–Trinajstić information content (AvgIpc) is 2.89. The first kappa shape index (κ1) is 12.8. The van der Waals surface area contributed by atoms with Gasteiger partial charge in [-0.2, -0.15) is 5.10 Å². The molecule has 0 saturated heterocycles. The normalized spacial score (nSPS) is 11.1. The molecule has 18 heavy (non-hydrogen) atoms. The first-order chi connectivity index (χ1) is 8.75. The largest absolute Gasteiger partial charge is 0.313 e. The highest BCUT2D eigenvalue weighted by atomic mass is 15.2. The highest BCUT2D eigenvalue weighted by molar-refractivity contribution is 5.55. The molecule has 1 aromatic heterocycles. The van der Waals surface area contributed by atoms with Crippen LogP contribution in [-0.2, 0) is 6.54 Å². The molecule has 0 amide bonds. The van der Waals surface area contributed by atoms with Crippen LogP contribution in [0.2, 0.25) is 0 Å². The summed E-state index contributed by atoms with van der Waals surface area (Å²) >= 11 is 0. The van der Waals surface area contributed by atoms with E-state index >= 15 is 0 Å². The van der Waals surface area contributed by atoms with E-state index < -0.39 is 0 Å². The Morgan fingerprint density at radius 2 is 2.22 bits per heavy atom. The average molecular weight is 244 g/mol. The number of H-pyrrole nitrogens is 1. The molecular formula is C14H20N4. The molecule has 2 rings (SSSR count). The predicted octanol–water partition coefficient (Wildman–Crippen LogP) is 2.61. The zero-order valence-electron chi connectivity index (χ0n) is 11.0. The van der Waals surface area contributed by atoms with Gasteiger partial charge in [-0.3, -0.25) is 5.10 Å². The molecule has 1 heterocycles. The molecule has 0 atom stereocenters. The number of nitrogens with one attached hydrogen (secondary N) is 2. The molecule has 1 aromatic carbocycles. The van der Waals surface area contributed by atoms with E-state index in [0.717, 1.165) is 30.4 Å². The first-order valence-corrected chi connectivity index (χ1v) is 6.41. The third-order valence-corrected chi connectivity index (χ3v) is 2.84. The number of nitrogens with zero attached hydrogens (tertiary/aromatic N) is 2. The van der Waals surface area contributed by atoms with Gasteiger partial charge in [0.15, 0.2) is 5.82 Å². The van der Waals surface area contributed by atoms with Crippen molar-refractivity contribution < 1.29 is 0 Å². The summed E-state index contributed by atoms with van der Waals surface area (Å²) in [6.07, 6.45) is 2.74. The van der Waals surface area contributed by atoms with E-state index in [1.807, 2.05) is 6.07 Å². The van der Waals surface area contributed by atoms with E-state index in [0.29, 0.717) is 0 Å². The molecule has 0 aliphatic rings. The summed E-state index contributed by atoms with van der Waals surface area (Å²) in [4.78, 5) is 4.16. The molecule has 0 aliphatic heterocycles. The van der Waals surface area contributed by atoms with Crippen LogP contribution in [0.25, 0.3) is 11.4 Å². The Morgan fingerprint density at radius 1 is 1.33 bits per heavy atom. The van der Waals surface area contributed by atoms with Gasteiger partial charge in [-0.15, -0.1) is 0 Å². The molecule has 0 radical (unpaired) electrons. The molecule has 0 aliphatic carbocycles. The predicted molar refractivity (Wildman–Crippen MR) is 73.0 cm³/mol. The van der Waals surface area contributed by atoms with Gasteiger partial charge in [-0.25, -0.2) is 4.98 Å². The Bertz CT molecular complexity index is 462. The Balaban J connectivity index is 1.92. The van der Waals surface area contributed by atoms with Crippen molar-refractivity contribution in [3.05, 3.63) is 36.2 Å². The quantitative estimate of drug-likeness (QED) is 0.768. The van der Waals surface area contributed by atoms with Crippen LogP contribution < -0.4 is 5.32 Å². The number of aromatic nitrogens is 3. The van der Waals surface area contributed by atoms with Crippen molar-refractivity contribution in [3.8, 4) is 11.4 Å². The van der Waals surface area contributed by atoms with Crippen LogP contribution in [0.1, 0.15) is 25.8 Å². The smallest absolute Gasteiger partial charge is 0.155 e. The van der Waals surface area contributed by atoms with Crippen LogP contribution in [0.5, 0.6) is 0 Å². The lowest BCUT2D eigenvalue weighted by Gasteiger charge is -2.07. The summed E-state index contributed by atoms with van der Waals surface area (Å²) in [5.74, 6) is 1.57. The van der Waals surface area contributed by atoms with Crippen molar-refractivity contribution in [2.24, 2.45) is 5.92 Å². The minimum Gasteiger partial charge on any atom is -0.313 e. The molecule has 0 spiro atoms. The lowest BCUT2D eigenvalue weighted by atomic mass is 10.1. The number of hydrogen-bond donors (Lipinski definition) is 2. The van der Waals surface area contributed by atoms with E-state index in [-0.39, 0.29) is 0 Å². The van der Waals surface area contributed by atoms with Crippen LogP contribution in [0.15, 0.2) is 30.6 Å². The van der Waals surface area contributed by atoms with Crippen LogP contribution in [-0.4, -0.2) is 21.7 Å². The van der Waals surface area contributed by atoms with Gasteiger partial charge in [0.1, 0.15) is 6.33 Å². The summed E-state index contributed by atoms with van der Waals surface area (Å²) in [6.45, 7) is 6.44. The number of benzene rings is 1. The Labute approximate surface area is 108 Å². The molecule has 4 heteroatoms. The first-order valence-electron chi connectivity index (χ1n) is 6.41. The van der Waals surface area contributed by atoms with Gasteiger partial charge in [-0.1, -0.05) is 32.0 Å². The van der Waals surface area contributed by atoms with Gasteiger partial charge >= 0.3 is 0 Å². The van der Waals surface area contributed by atoms with Crippen LogP contribution in [0, 0.1) is 5.92 Å². The van der Waals surface area contributed by atoms with Crippen molar-refractivity contribution in [3.63, 3.8) is 0 Å².